The third kappa shape index (κ3) is 3.95. The Bertz CT molecular complexity index is 1080. The fourth-order valence-corrected chi connectivity index (χ4v) is 3.76. The fourth-order valence-electron chi connectivity index (χ4n) is 3.45. The van der Waals surface area contributed by atoms with Gasteiger partial charge in [-0.1, -0.05) is 24.2 Å². The number of carbonyl (C=O) groups is 2. The van der Waals surface area contributed by atoms with Crippen molar-refractivity contribution >= 4 is 36.0 Å². The van der Waals surface area contributed by atoms with E-state index < -0.39 is 34.6 Å². The summed E-state index contributed by atoms with van der Waals surface area (Å²) in [5.74, 6) is -0.956. The minimum absolute atomic E-state index is 0.0543. The van der Waals surface area contributed by atoms with E-state index in [2.05, 4.69) is 23.3 Å². The Morgan fingerprint density at radius 3 is 2.58 bits per heavy atom. The maximum Gasteiger partial charge on any atom is 0.417 e. The second-order valence-corrected chi connectivity index (χ2v) is 7.45. The second-order valence-electron chi connectivity index (χ2n) is 7.07. The third-order valence-electron chi connectivity index (χ3n) is 4.99. The molecule has 11 heteroatoms. The molecule has 0 aliphatic carbocycles. The lowest BCUT2D eigenvalue weighted by molar-refractivity contribution is -0.137. The van der Waals surface area contributed by atoms with Gasteiger partial charge in [-0.25, -0.2) is 9.98 Å². The van der Waals surface area contributed by atoms with E-state index in [1.165, 1.54) is 36.3 Å². The molecule has 0 N–H and O–H groups in total. The van der Waals surface area contributed by atoms with E-state index in [9.17, 15) is 22.8 Å². The molecular weight excluding hydrogens is 435 g/mol. The monoisotopic (exact) mass is 453 g/mol. The Morgan fingerprint density at radius 2 is 2.00 bits per heavy atom. The van der Waals surface area contributed by atoms with Crippen LogP contribution in [0.2, 0.25) is 5.02 Å². The molecule has 0 fully saturated rings. The normalized spacial score (nSPS) is 15.9. The number of halogens is 4. The van der Waals surface area contributed by atoms with Crippen molar-refractivity contribution in [3.8, 4) is 0 Å². The molecule has 0 bridgehead atoms. The van der Waals surface area contributed by atoms with Crippen LogP contribution in [-0.4, -0.2) is 58.5 Å². The maximum absolute atomic E-state index is 13.3. The number of fused-ring (bicyclic) bond motifs is 1. The third-order valence-corrected chi connectivity index (χ3v) is 5.40. The molecule has 2 heterocycles. The lowest BCUT2D eigenvalue weighted by Crippen LogP contribution is -2.47. The van der Waals surface area contributed by atoms with Crippen LogP contribution in [0.1, 0.15) is 33.4 Å². The summed E-state index contributed by atoms with van der Waals surface area (Å²) in [6.07, 6.45) is -3.02. The molecule has 0 saturated heterocycles. The zero-order valence-corrected chi connectivity index (χ0v) is 17.5. The summed E-state index contributed by atoms with van der Waals surface area (Å²) in [6, 6.07) is 1.96. The van der Waals surface area contributed by atoms with Crippen molar-refractivity contribution in [1.29, 1.82) is 0 Å². The van der Waals surface area contributed by atoms with Crippen molar-refractivity contribution < 1.29 is 22.8 Å². The number of carbonyl (C=O) groups excluding carboxylic acids is 2. The summed E-state index contributed by atoms with van der Waals surface area (Å²) >= 11 is 5.95. The Kier molecular flexibility index (Phi) is 5.95. The average molecular weight is 454 g/mol. The highest BCUT2D eigenvalue weighted by molar-refractivity contribution is 6.34. The number of nitrogens with zero attached hydrogens (tertiary/aromatic N) is 5. The molecule has 31 heavy (non-hydrogen) atoms. The van der Waals surface area contributed by atoms with Crippen LogP contribution in [0.3, 0.4) is 0 Å². The van der Waals surface area contributed by atoms with Gasteiger partial charge in [-0.3, -0.25) is 14.2 Å². The minimum Gasteiger partial charge on any atom is -0.347 e. The van der Waals surface area contributed by atoms with E-state index in [0.29, 0.717) is 17.2 Å². The average Bonchev–Trinajstić information content (AvgIpc) is 3.14. The number of aromatic nitrogens is 2. The van der Waals surface area contributed by atoms with Gasteiger partial charge in [-0.15, -0.1) is 0 Å². The number of amides is 2. The smallest absolute Gasteiger partial charge is 0.347 e. The van der Waals surface area contributed by atoms with Gasteiger partial charge in [0.05, 0.1) is 27.5 Å². The van der Waals surface area contributed by atoms with Crippen LogP contribution in [0.25, 0.3) is 5.82 Å². The largest absolute Gasteiger partial charge is 0.417 e. The Labute approximate surface area is 181 Å². The predicted octanol–water partition coefficient (Wildman–Crippen LogP) is 3.51. The number of hydrogen-bond donors (Lipinski definition) is 0. The van der Waals surface area contributed by atoms with Crippen molar-refractivity contribution in [2.24, 2.45) is 4.99 Å². The van der Waals surface area contributed by atoms with Crippen LogP contribution in [0.4, 0.5) is 13.2 Å². The van der Waals surface area contributed by atoms with E-state index in [4.69, 9.17) is 11.6 Å². The van der Waals surface area contributed by atoms with Crippen LogP contribution in [0, 0.1) is 0 Å². The first kappa shape index (κ1) is 22.5. The van der Waals surface area contributed by atoms with Crippen LogP contribution in [0.15, 0.2) is 36.1 Å². The highest BCUT2D eigenvalue weighted by atomic mass is 35.5. The van der Waals surface area contributed by atoms with Crippen LogP contribution in [0.5, 0.6) is 0 Å². The fraction of sp³-hybridized carbons (Fsp3) is 0.300. The van der Waals surface area contributed by atoms with E-state index in [1.807, 2.05) is 0 Å². The first-order valence-corrected chi connectivity index (χ1v) is 9.46. The van der Waals surface area contributed by atoms with Gasteiger partial charge in [0.1, 0.15) is 12.1 Å². The van der Waals surface area contributed by atoms with Gasteiger partial charge >= 0.3 is 6.18 Å². The zero-order valence-electron chi connectivity index (χ0n) is 16.8. The van der Waals surface area contributed by atoms with Gasteiger partial charge in [0, 0.05) is 27.1 Å². The molecule has 0 radical (unpaired) electrons. The molecule has 2 aromatic rings. The number of likely N-dealkylation sites (N-methyl/N-ethyl adjacent to an activating group) is 1. The second kappa shape index (κ2) is 8.18. The van der Waals surface area contributed by atoms with E-state index in [1.54, 1.807) is 4.57 Å². The number of imidazole rings is 1. The highest BCUT2D eigenvalue weighted by Crippen LogP contribution is 2.38. The predicted molar refractivity (Wildman–Crippen MR) is 110 cm³/mol. The van der Waals surface area contributed by atoms with Crippen molar-refractivity contribution in [2.45, 2.75) is 18.6 Å². The van der Waals surface area contributed by atoms with Gasteiger partial charge in [-0.05, 0) is 18.9 Å². The van der Waals surface area contributed by atoms with Crippen molar-refractivity contribution in [3.05, 3.63) is 58.6 Å². The van der Waals surface area contributed by atoms with Gasteiger partial charge in [0.15, 0.2) is 6.04 Å². The Hall–Kier alpha value is -3.14. The zero-order chi connectivity index (χ0) is 23.1. The number of aliphatic imine (C=N–C) groups is 1. The molecule has 7 nitrogen and oxygen atoms in total. The molecule has 0 saturated carbocycles. The molecule has 1 atom stereocenters. The van der Waals surface area contributed by atoms with E-state index in [0.717, 1.165) is 12.1 Å². The topological polar surface area (TPSA) is 70.8 Å². The highest BCUT2D eigenvalue weighted by Gasteiger charge is 2.42. The summed E-state index contributed by atoms with van der Waals surface area (Å²) in [6.45, 7) is 7.25. The lowest BCUT2D eigenvalue weighted by atomic mass is 9.99. The summed E-state index contributed by atoms with van der Waals surface area (Å²) in [5.41, 5.74) is -0.540. The number of benzene rings is 1. The van der Waals surface area contributed by atoms with Gasteiger partial charge in [-0.2, -0.15) is 13.2 Å². The first-order chi connectivity index (χ1) is 14.5. The summed E-state index contributed by atoms with van der Waals surface area (Å²) in [5, 5.41) is -0.711. The van der Waals surface area contributed by atoms with Gasteiger partial charge in [0.25, 0.3) is 11.8 Å². The number of rotatable bonds is 4. The maximum atomic E-state index is 13.3. The van der Waals surface area contributed by atoms with Crippen molar-refractivity contribution in [3.63, 3.8) is 0 Å². The quantitative estimate of drug-likeness (QED) is 0.665. The van der Waals surface area contributed by atoms with Gasteiger partial charge in [0.2, 0.25) is 0 Å². The lowest BCUT2D eigenvalue weighted by Gasteiger charge is -2.36. The van der Waals surface area contributed by atoms with E-state index in [-0.39, 0.29) is 18.5 Å². The van der Waals surface area contributed by atoms with Gasteiger partial charge < -0.3 is 9.80 Å². The summed E-state index contributed by atoms with van der Waals surface area (Å²) < 4.78 is 41.3. The molecule has 1 unspecified atom stereocenters. The molecule has 1 aromatic heterocycles. The molecular formula is C20H19ClF3N5O2. The molecule has 3 rings (SSSR count). The SMILES string of the molecule is C=NC(=C)n1cnc2c1CCN(C(=O)c1cccc(C(F)(F)F)c1Cl)C2C(=O)N(C)C. The number of hydrogen-bond acceptors (Lipinski definition) is 4. The van der Waals surface area contributed by atoms with Crippen molar-refractivity contribution in [1.82, 2.24) is 19.4 Å². The molecule has 1 aliphatic heterocycles. The van der Waals surface area contributed by atoms with E-state index >= 15 is 0 Å². The Balaban J connectivity index is 2.10. The molecule has 164 valence electrons. The van der Waals surface area contributed by atoms with Crippen molar-refractivity contribution in [2.75, 3.05) is 20.6 Å². The minimum atomic E-state index is -4.72. The van der Waals surface area contributed by atoms with Crippen LogP contribution >= 0.6 is 11.6 Å². The molecule has 1 aromatic carbocycles. The number of alkyl halides is 3. The molecule has 0 spiro atoms. The van der Waals surface area contributed by atoms with Crippen LogP contribution in [-0.2, 0) is 17.4 Å². The molecule has 2 amide bonds. The summed E-state index contributed by atoms with van der Waals surface area (Å²) in [4.78, 5) is 36.8. The molecule has 1 aliphatic rings. The Morgan fingerprint density at radius 1 is 1.32 bits per heavy atom. The summed E-state index contributed by atoms with van der Waals surface area (Å²) in [7, 11) is 3.02. The van der Waals surface area contributed by atoms with Crippen LogP contribution < -0.4 is 0 Å². The standard InChI is InChI=1S/C20H19ClF3N5O2/c1-11(25-2)29-10-26-16-14(29)8-9-28(17(16)19(31)27(3)4)18(30)12-6-5-7-13(15(12)21)20(22,23)24/h5-7,10,17H,1-2,8-9H2,3-4H3. The first-order valence-electron chi connectivity index (χ1n) is 9.09.